The average molecular weight is 434 g/mol. The first-order valence-electron chi connectivity index (χ1n) is 9.96. The van der Waals surface area contributed by atoms with Gasteiger partial charge in [0, 0.05) is 36.0 Å². The van der Waals surface area contributed by atoms with Crippen LogP contribution >= 0.6 is 22.9 Å². The molecule has 154 valence electrons. The van der Waals surface area contributed by atoms with Crippen molar-refractivity contribution < 1.29 is 14.3 Å². The summed E-state index contributed by atoms with van der Waals surface area (Å²) in [6.07, 6.45) is 3.15. The molecule has 2 aliphatic heterocycles. The van der Waals surface area contributed by atoms with Crippen LogP contribution in [0.3, 0.4) is 0 Å². The molecular formula is C21H24ClN3O3S. The summed E-state index contributed by atoms with van der Waals surface area (Å²) in [6.45, 7) is 3.64. The number of thiazole rings is 1. The number of fused-ring (bicyclic) bond motifs is 1. The summed E-state index contributed by atoms with van der Waals surface area (Å²) in [7, 11) is 1.89. The molecule has 6 nitrogen and oxygen atoms in total. The number of nitrogens with zero attached hydrogens (tertiary/aromatic N) is 3. The Hall–Kier alpha value is -1.83. The molecule has 0 N–H and O–H groups in total. The van der Waals surface area contributed by atoms with Crippen LogP contribution in [0.15, 0.2) is 23.0 Å². The third-order valence-electron chi connectivity index (χ3n) is 6.53. The minimum absolute atomic E-state index is 0.169. The molecule has 5 rings (SSSR count). The van der Waals surface area contributed by atoms with Gasteiger partial charge in [-0.25, -0.2) is 4.98 Å². The maximum Gasteiger partial charge on any atom is 0.231 e. The van der Waals surface area contributed by atoms with Gasteiger partial charge < -0.3 is 14.4 Å². The van der Waals surface area contributed by atoms with E-state index in [0.29, 0.717) is 6.54 Å². The summed E-state index contributed by atoms with van der Waals surface area (Å²) < 4.78 is 10.9. The number of amides is 1. The molecule has 1 saturated heterocycles. The Morgan fingerprint density at radius 2 is 2.10 bits per heavy atom. The third-order valence-corrected chi connectivity index (χ3v) is 7.52. The molecule has 29 heavy (non-hydrogen) atoms. The van der Waals surface area contributed by atoms with E-state index in [1.807, 2.05) is 35.0 Å². The van der Waals surface area contributed by atoms with Crippen molar-refractivity contribution in [2.24, 2.45) is 11.3 Å². The number of likely N-dealkylation sites (tertiary alicyclic amines) is 1. The second-order valence-electron chi connectivity index (χ2n) is 8.37. The fraction of sp³-hybridized carbons (Fsp3) is 0.524. The van der Waals surface area contributed by atoms with Crippen LogP contribution in [0, 0.1) is 11.3 Å². The minimum Gasteiger partial charge on any atom is -0.454 e. The van der Waals surface area contributed by atoms with Gasteiger partial charge in [0.05, 0.1) is 17.7 Å². The zero-order valence-corrected chi connectivity index (χ0v) is 18.0. The predicted molar refractivity (Wildman–Crippen MR) is 111 cm³/mol. The van der Waals surface area contributed by atoms with Crippen molar-refractivity contribution in [2.75, 3.05) is 26.9 Å². The molecular weight excluding hydrogens is 410 g/mol. The average Bonchev–Trinajstić information content (AvgIpc) is 3.04. The lowest BCUT2D eigenvalue weighted by Gasteiger charge is -2.33. The Balaban J connectivity index is 1.16. The number of carbonyl (C=O) groups excluding carboxylic acids is 1. The summed E-state index contributed by atoms with van der Waals surface area (Å²) in [6, 6.07) is 3.84. The number of halogens is 1. The SMILES string of the molecule is CN(Cc1cscn1)C(=O)C1CC12CCN(Cc1cc3c(cc1Cl)OCO3)CC2. The molecule has 1 aliphatic carbocycles. The fourth-order valence-electron chi connectivity index (χ4n) is 4.63. The number of aromatic nitrogens is 1. The molecule has 8 heteroatoms. The van der Waals surface area contributed by atoms with Crippen LogP contribution in [0.4, 0.5) is 0 Å². The zero-order valence-electron chi connectivity index (χ0n) is 16.4. The summed E-state index contributed by atoms with van der Waals surface area (Å²) in [4.78, 5) is 21.4. The van der Waals surface area contributed by atoms with Crippen molar-refractivity contribution in [3.05, 3.63) is 39.3 Å². The van der Waals surface area contributed by atoms with E-state index in [9.17, 15) is 4.79 Å². The second kappa shape index (κ2) is 7.45. The van der Waals surface area contributed by atoms with E-state index in [0.717, 1.165) is 66.7 Å². The maximum atomic E-state index is 12.9. The monoisotopic (exact) mass is 433 g/mol. The summed E-state index contributed by atoms with van der Waals surface area (Å²) >= 11 is 8.00. The Kier molecular flexibility index (Phi) is 4.92. The molecule has 0 bridgehead atoms. The van der Waals surface area contributed by atoms with E-state index in [-0.39, 0.29) is 24.0 Å². The van der Waals surface area contributed by atoms with Crippen molar-refractivity contribution >= 4 is 28.8 Å². The zero-order chi connectivity index (χ0) is 20.0. The highest BCUT2D eigenvalue weighted by atomic mass is 35.5. The van der Waals surface area contributed by atoms with Gasteiger partial charge in [-0.05, 0) is 49.4 Å². The number of ether oxygens (including phenoxy) is 2. The van der Waals surface area contributed by atoms with E-state index in [2.05, 4.69) is 9.88 Å². The number of carbonyl (C=O) groups is 1. The van der Waals surface area contributed by atoms with Crippen LogP contribution in [-0.2, 0) is 17.9 Å². The van der Waals surface area contributed by atoms with E-state index >= 15 is 0 Å². The number of hydrogen-bond acceptors (Lipinski definition) is 6. The van der Waals surface area contributed by atoms with Gasteiger partial charge in [0.2, 0.25) is 12.7 Å². The van der Waals surface area contributed by atoms with Crippen LogP contribution in [0.5, 0.6) is 11.5 Å². The molecule has 0 radical (unpaired) electrons. The van der Waals surface area contributed by atoms with Crippen molar-refractivity contribution in [1.82, 2.24) is 14.8 Å². The Morgan fingerprint density at radius 3 is 2.83 bits per heavy atom. The minimum atomic E-state index is 0.169. The topological polar surface area (TPSA) is 54.9 Å². The van der Waals surface area contributed by atoms with Crippen molar-refractivity contribution in [1.29, 1.82) is 0 Å². The van der Waals surface area contributed by atoms with Gasteiger partial charge in [-0.2, -0.15) is 0 Å². The number of rotatable bonds is 5. The highest BCUT2D eigenvalue weighted by Crippen LogP contribution is 2.60. The molecule has 1 aromatic carbocycles. The Morgan fingerprint density at radius 1 is 1.34 bits per heavy atom. The highest BCUT2D eigenvalue weighted by molar-refractivity contribution is 7.07. The van der Waals surface area contributed by atoms with E-state index in [1.54, 1.807) is 11.3 Å². The molecule has 1 unspecified atom stereocenters. The predicted octanol–water partition coefficient (Wildman–Crippen LogP) is 3.79. The quantitative estimate of drug-likeness (QED) is 0.718. The molecule has 1 aromatic heterocycles. The van der Waals surface area contributed by atoms with Crippen molar-refractivity contribution in [3.8, 4) is 11.5 Å². The van der Waals surface area contributed by atoms with E-state index in [4.69, 9.17) is 21.1 Å². The highest BCUT2D eigenvalue weighted by Gasteiger charge is 2.59. The van der Waals surface area contributed by atoms with Gasteiger partial charge >= 0.3 is 0 Å². The fourth-order valence-corrected chi connectivity index (χ4v) is 5.39. The molecule has 1 spiro atoms. The van der Waals surface area contributed by atoms with Gasteiger partial charge in [0.15, 0.2) is 11.5 Å². The largest absolute Gasteiger partial charge is 0.454 e. The van der Waals surface area contributed by atoms with E-state index < -0.39 is 0 Å². The first-order valence-corrected chi connectivity index (χ1v) is 11.3. The first kappa shape index (κ1) is 19.2. The summed E-state index contributed by atoms with van der Waals surface area (Å²) in [5.74, 6) is 1.93. The second-order valence-corrected chi connectivity index (χ2v) is 9.49. The number of piperidine rings is 1. The van der Waals surface area contributed by atoms with Gasteiger partial charge in [-0.15, -0.1) is 11.3 Å². The molecule has 1 amide bonds. The Bertz CT molecular complexity index is 912. The molecule has 1 saturated carbocycles. The van der Waals surface area contributed by atoms with Crippen LogP contribution in [-0.4, -0.2) is 47.6 Å². The lowest BCUT2D eigenvalue weighted by Crippen LogP contribution is -2.37. The first-order chi connectivity index (χ1) is 14.0. The number of hydrogen-bond donors (Lipinski definition) is 0. The van der Waals surface area contributed by atoms with Crippen LogP contribution in [0.25, 0.3) is 0 Å². The van der Waals surface area contributed by atoms with Gasteiger partial charge in [0.1, 0.15) is 0 Å². The third kappa shape index (κ3) is 3.71. The van der Waals surface area contributed by atoms with Crippen LogP contribution in [0.2, 0.25) is 5.02 Å². The molecule has 2 aromatic rings. The normalized spacial score (nSPS) is 22.1. The lowest BCUT2D eigenvalue weighted by atomic mass is 9.90. The molecule has 3 aliphatic rings. The van der Waals surface area contributed by atoms with Gasteiger partial charge in [-0.1, -0.05) is 11.6 Å². The summed E-state index contributed by atoms with van der Waals surface area (Å²) in [5.41, 5.74) is 4.05. The summed E-state index contributed by atoms with van der Waals surface area (Å²) in [5, 5.41) is 2.73. The maximum absolute atomic E-state index is 12.9. The van der Waals surface area contributed by atoms with Gasteiger partial charge in [-0.3, -0.25) is 9.69 Å². The molecule has 1 atom stereocenters. The van der Waals surface area contributed by atoms with E-state index in [1.165, 1.54) is 0 Å². The number of benzene rings is 1. The lowest BCUT2D eigenvalue weighted by molar-refractivity contribution is -0.133. The van der Waals surface area contributed by atoms with Crippen molar-refractivity contribution in [3.63, 3.8) is 0 Å². The molecule has 3 heterocycles. The van der Waals surface area contributed by atoms with Gasteiger partial charge in [0.25, 0.3) is 0 Å². The van der Waals surface area contributed by atoms with Crippen molar-refractivity contribution in [2.45, 2.75) is 32.4 Å². The Labute approximate surface area is 179 Å². The smallest absolute Gasteiger partial charge is 0.231 e. The van der Waals surface area contributed by atoms with Crippen LogP contribution in [0.1, 0.15) is 30.5 Å². The molecule has 2 fully saturated rings. The van der Waals surface area contributed by atoms with Crippen LogP contribution < -0.4 is 9.47 Å². The standard InChI is InChI=1S/C21H24ClN3O3S/c1-24(10-15-11-29-12-23-15)20(26)16-8-21(16)2-4-25(5-3-21)9-14-6-18-19(7-17(14)22)28-13-27-18/h6-7,11-12,16H,2-5,8-10,13H2,1H3.